The third-order valence-electron chi connectivity index (χ3n) is 5.44. The summed E-state index contributed by atoms with van der Waals surface area (Å²) in [5.74, 6) is -0.509. The van der Waals surface area contributed by atoms with Crippen molar-refractivity contribution in [2.24, 2.45) is 0 Å². The molecule has 3 unspecified atom stereocenters. The van der Waals surface area contributed by atoms with Crippen LogP contribution in [0.5, 0.6) is 0 Å². The fraction of sp³-hybridized carbons (Fsp3) is 0.455. The molecular weight excluding hydrogens is 329 g/mol. The van der Waals surface area contributed by atoms with Crippen LogP contribution in [0.2, 0.25) is 0 Å². The molecule has 140 valence electrons. The zero-order chi connectivity index (χ0) is 18.5. The van der Waals surface area contributed by atoms with Crippen LogP contribution in [0.15, 0.2) is 48.5 Å². The summed E-state index contributed by atoms with van der Waals surface area (Å²) < 4.78 is 13.3. The summed E-state index contributed by atoms with van der Waals surface area (Å²) in [7, 11) is 0. The lowest BCUT2D eigenvalue weighted by molar-refractivity contribution is -0.0896. The second-order valence-corrected chi connectivity index (χ2v) is 7.24. The summed E-state index contributed by atoms with van der Waals surface area (Å²) in [5, 5.41) is 21.6. The minimum atomic E-state index is -0.880. The van der Waals surface area contributed by atoms with Crippen molar-refractivity contribution in [1.29, 1.82) is 0 Å². The largest absolute Gasteiger partial charge is 0.388 e. The molecule has 1 fully saturated rings. The van der Waals surface area contributed by atoms with Gasteiger partial charge in [-0.15, -0.1) is 0 Å². The van der Waals surface area contributed by atoms with Gasteiger partial charge in [-0.3, -0.25) is 4.90 Å². The van der Waals surface area contributed by atoms with E-state index in [2.05, 4.69) is 0 Å². The van der Waals surface area contributed by atoms with Crippen LogP contribution in [0.25, 0.3) is 11.1 Å². The first-order chi connectivity index (χ1) is 12.6. The Morgan fingerprint density at radius 2 is 1.50 bits per heavy atom. The normalized spacial score (nSPS) is 19.5. The lowest BCUT2D eigenvalue weighted by Gasteiger charge is -2.33. The average Bonchev–Trinajstić information content (AvgIpc) is 2.96. The molecule has 0 aliphatic carbocycles. The number of hydrogen-bond donors (Lipinski definition) is 2. The molecule has 3 atom stereocenters. The van der Waals surface area contributed by atoms with Crippen molar-refractivity contribution in [2.75, 3.05) is 13.1 Å². The van der Waals surface area contributed by atoms with Crippen molar-refractivity contribution in [3.8, 4) is 11.1 Å². The third kappa shape index (κ3) is 4.32. The van der Waals surface area contributed by atoms with Crippen LogP contribution in [-0.4, -0.2) is 40.5 Å². The monoisotopic (exact) mass is 357 g/mol. The van der Waals surface area contributed by atoms with E-state index in [1.807, 2.05) is 36.1 Å². The van der Waals surface area contributed by atoms with Gasteiger partial charge in [-0.25, -0.2) is 4.39 Å². The lowest BCUT2D eigenvalue weighted by atomic mass is 9.87. The Hall–Kier alpha value is -1.75. The highest BCUT2D eigenvalue weighted by Crippen LogP contribution is 2.32. The van der Waals surface area contributed by atoms with Gasteiger partial charge < -0.3 is 10.2 Å². The van der Waals surface area contributed by atoms with Crippen LogP contribution in [0.1, 0.15) is 44.1 Å². The van der Waals surface area contributed by atoms with Crippen LogP contribution in [0.3, 0.4) is 0 Å². The second kappa shape index (κ2) is 8.76. The van der Waals surface area contributed by atoms with E-state index in [1.165, 1.54) is 25.0 Å². The Bertz CT molecular complexity index is 696. The van der Waals surface area contributed by atoms with Crippen molar-refractivity contribution >= 4 is 0 Å². The van der Waals surface area contributed by atoms with Gasteiger partial charge in [0.25, 0.3) is 0 Å². The van der Waals surface area contributed by atoms with Crippen LogP contribution in [-0.2, 0) is 0 Å². The highest BCUT2D eigenvalue weighted by Gasteiger charge is 2.30. The van der Waals surface area contributed by atoms with Crippen molar-refractivity contribution in [1.82, 2.24) is 4.90 Å². The topological polar surface area (TPSA) is 43.7 Å². The van der Waals surface area contributed by atoms with Gasteiger partial charge in [-0.2, -0.15) is 0 Å². The molecule has 2 N–H and O–H groups in total. The Labute approximate surface area is 155 Å². The summed E-state index contributed by atoms with van der Waals surface area (Å²) in [6.45, 7) is 3.59. The Balaban J connectivity index is 1.82. The van der Waals surface area contributed by atoms with E-state index in [9.17, 15) is 14.6 Å². The van der Waals surface area contributed by atoms with Crippen molar-refractivity contribution in [3.05, 3.63) is 59.9 Å². The van der Waals surface area contributed by atoms with Gasteiger partial charge in [-0.1, -0.05) is 56.2 Å². The van der Waals surface area contributed by atoms with Gasteiger partial charge in [-0.05, 0) is 41.7 Å². The SMILES string of the molecule is CC(c1ccccc1-c1ccc(F)cc1)C(O)C(O)N1CCCCCC1. The van der Waals surface area contributed by atoms with E-state index >= 15 is 0 Å². The Morgan fingerprint density at radius 3 is 2.15 bits per heavy atom. The third-order valence-corrected chi connectivity index (χ3v) is 5.44. The Morgan fingerprint density at radius 1 is 0.885 bits per heavy atom. The number of rotatable bonds is 5. The number of benzene rings is 2. The predicted octanol–water partition coefficient (Wildman–Crippen LogP) is 4.15. The van der Waals surface area contributed by atoms with E-state index in [1.54, 1.807) is 12.1 Å². The van der Waals surface area contributed by atoms with Crippen LogP contribution in [0, 0.1) is 5.82 Å². The maximum atomic E-state index is 13.3. The van der Waals surface area contributed by atoms with Gasteiger partial charge in [0, 0.05) is 19.0 Å². The highest BCUT2D eigenvalue weighted by atomic mass is 19.1. The quantitative estimate of drug-likeness (QED) is 0.845. The standard InChI is InChI=1S/C22H28FNO2/c1-16(21(25)22(26)24-14-6-2-3-7-15-24)19-8-4-5-9-20(19)17-10-12-18(23)13-11-17/h4-5,8-13,16,21-22,25-26H,2-3,6-7,14-15H2,1H3. The molecule has 0 spiro atoms. The number of nitrogens with zero attached hydrogens (tertiary/aromatic N) is 1. The number of hydrogen-bond acceptors (Lipinski definition) is 3. The molecule has 0 saturated carbocycles. The predicted molar refractivity (Wildman–Crippen MR) is 102 cm³/mol. The van der Waals surface area contributed by atoms with Gasteiger partial charge in [0.2, 0.25) is 0 Å². The van der Waals surface area contributed by atoms with E-state index < -0.39 is 12.3 Å². The lowest BCUT2D eigenvalue weighted by Crippen LogP contribution is -2.46. The smallest absolute Gasteiger partial charge is 0.134 e. The number of aliphatic hydroxyl groups is 2. The van der Waals surface area contributed by atoms with Gasteiger partial charge >= 0.3 is 0 Å². The maximum Gasteiger partial charge on any atom is 0.134 e. The Kier molecular flexibility index (Phi) is 6.41. The number of aliphatic hydroxyl groups excluding tert-OH is 2. The second-order valence-electron chi connectivity index (χ2n) is 7.24. The molecule has 2 aromatic rings. The zero-order valence-electron chi connectivity index (χ0n) is 15.3. The number of halogens is 1. The average molecular weight is 357 g/mol. The van der Waals surface area contributed by atoms with E-state index in [0.29, 0.717) is 0 Å². The van der Waals surface area contributed by atoms with Crippen LogP contribution < -0.4 is 0 Å². The zero-order valence-corrected chi connectivity index (χ0v) is 15.3. The summed E-state index contributed by atoms with van der Waals surface area (Å²) in [5.41, 5.74) is 2.83. The fourth-order valence-electron chi connectivity index (χ4n) is 3.80. The molecule has 0 amide bonds. The molecule has 0 radical (unpaired) electrons. The van der Waals surface area contributed by atoms with Crippen molar-refractivity contribution in [2.45, 2.75) is 50.9 Å². The van der Waals surface area contributed by atoms with Crippen LogP contribution in [0.4, 0.5) is 4.39 Å². The summed E-state index contributed by atoms with van der Waals surface area (Å²) >= 11 is 0. The van der Waals surface area contributed by atoms with E-state index in [4.69, 9.17) is 0 Å². The molecular formula is C22H28FNO2. The van der Waals surface area contributed by atoms with Crippen LogP contribution >= 0.6 is 0 Å². The molecule has 4 heteroatoms. The van der Waals surface area contributed by atoms with Gasteiger partial charge in [0.1, 0.15) is 18.1 Å². The number of likely N-dealkylation sites (tertiary alicyclic amines) is 1. The molecule has 3 nitrogen and oxygen atoms in total. The molecule has 0 aromatic heterocycles. The van der Waals surface area contributed by atoms with E-state index in [-0.39, 0.29) is 11.7 Å². The van der Waals surface area contributed by atoms with Gasteiger partial charge in [0.15, 0.2) is 0 Å². The molecule has 1 saturated heterocycles. The summed E-state index contributed by atoms with van der Waals surface area (Å²) in [4.78, 5) is 1.99. The molecule has 2 aromatic carbocycles. The molecule has 26 heavy (non-hydrogen) atoms. The first kappa shape index (κ1) is 19.0. The van der Waals surface area contributed by atoms with Crippen molar-refractivity contribution in [3.63, 3.8) is 0 Å². The van der Waals surface area contributed by atoms with E-state index in [0.717, 1.165) is 42.6 Å². The maximum absolute atomic E-state index is 13.3. The molecule has 1 aliphatic heterocycles. The minimum absolute atomic E-state index is 0.241. The molecule has 1 heterocycles. The highest BCUT2D eigenvalue weighted by molar-refractivity contribution is 5.68. The summed E-state index contributed by atoms with van der Waals surface area (Å²) in [6, 6.07) is 14.2. The molecule has 0 bridgehead atoms. The minimum Gasteiger partial charge on any atom is -0.388 e. The molecule has 3 rings (SSSR count). The first-order valence-corrected chi connectivity index (χ1v) is 9.53. The van der Waals surface area contributed by atoms with Crippen molar-refractivity contribution < 1.29 is 14.6 Å². The van der Waals surface area contributed by atoms with Gasteiger partial charge in [0.05, 0.1) is 0 Å². The molecule has 1 aliphatic rings. The first-order valence-electron chi connectivity index (χ1n) is 9.53. The summed E-state index contributed by atoms with van der Waals surface area (Å²) in [6.07, 6.45) is 2.73. The fourth-order valence-corrected chi connectivity index (χ4v) is 3.80.